The van der Waals surface area contributed by atoms with E-state index < -0.39 is 0 Å². The molecule has 0 amide bonds. The van der Waals surface area contributed by atoms with Crippen LogP contribution in [0.3, 0.4) is 0 Å². The van der Waals surface area contributed by atoms with Crippen molar-refractivity contribution in [1.82, 2.24) is 19.8 Å². The largest absolute Gasteiger partial charge is 0.497 e. The molecule has 0 aliphatic rings. The normalized spacial score (nSPS) is 12.1. The highest BCUT2D eigenvalue weighted by atomic mass is 32.1. The van der Waals surface area contributed by atoms with Crippen molar-refractivity contribution in [2.45, 2.75) is 20.3 Å². The van der Waals surface area contributed by atoms with Crippen molar-refractivity contribution in [3.05, 3.63) is 76.6 Å². The van der Waals surface area contributed by atoms with E-state index in [9.17, 15) is 0 Å². The topological polar surface area (TPSA) is 52.3 Å². The minimum Gasteiger partial charge on any atom is -0.497 e. The molecule has 0 N–H and O–H groups in total. The zero-order chi connectivity index (χ0) is 19.5. The molecule has 0 radical (unpaired) electrons. The second-order valence-corrected chi connectivity index (χ2v) is 7.99. The van der Waals surface area contributed by atoms with Crippen LogP contribution < -0.4 is 4.74 Å². The standard InChI is InChI=1S/C22H22N4OS/c1-15(2)13-20-23-24-22-26(20)25-21(28-22)14-19(16-7-5-4-6-8-16)17-9-11-18(27-3)12-10-17/h4-12,14-15H,13H2,1-3H3/b19-14+. The third-order valence-corrected chi connectivity index (χ3v) is 5.26. The molecule has 2 heterocycles. The Kier molecular flexibility index (Phi) is 5.21. The lowest BCUT2D eigenvalue weighted by Gasteiger charge is -2.09. The summed E-state index contributed by atoms with van der Waals surface area (Å²) in [6.45, 7) is 4.34. The van der Waals surface area contributed by atoms with E-state index in [0.717, 1.165) is 44.7 Å². The van der Waals surface area contributed by atoms with E-state index in [0.29, 0.717) is 5.92 Å². The molecule has 2 aromatic carbocycles. The molecule has 142 valence electrons. The third kappa shape index (κ3) is 3.82. The Morgan fingerprint density at radius 1 is 1.04 bits per heavy atom. The number of ether oxygens (including phenoxy) is 1. The summed E-state index contributed by atoms with van der Waals surface area (Å²) in [6, 6.07) is 18.4. The van der Waals surface area contributed by atoms with Crippen molar-refractivity contribution in [2.75, 3.05) is 7.11 Å². The summed E-state index contributed by atoms with van der Waals surface area (Å²) in [4.78, 5) is 0.823. The Bertz CT molecular complexity index is 1090. The Hall–Kier alpha value is -2.99. The molecule has 5 nitrogen and oxygen atoms in total. The number of hydrogen-bond acceptors (Lipinski definition) is 5. The van der Waals surface area contributed by atoms with E-state index in [1.807, 2.05) is 34.8 Å². The maximum atomic E-state index is 5.30. The van der Waals surface area contributed by atoms with Crippen molar-refractivity contribution >= 4 is 27.9 Å². The van der Waals surface area contributed by atoms with Gasteiger partial charge in [0.2, 0.25) is 4.96 Å². The first-order chi connectivity index (χ1) is 13.6. The molecule has 0 saturated heterocycles. The quantitative estimate of drug-likeness (QED) is 0.466. The molecule has 4 rings (SSSR count). The second-order valence-electron chi connectivity index (χ2n) is 7.00. The Morgan fingerprint density at radius 3 is 2.43 bits per heavy atom. The number of rotatable bonds is 6. The van der Waals surface area contributed by atoms with Gasteiger partial charge in [0.1, 0.15) is 10.8 Å². The van der Waals surface area contributed by atoms with Gasteiger partial charge in [0.15, 0.2) is 5.82 Å². The van der Waals surface area contributed by atoms with Crippen LogP contribution in [-0.4, -0.2) is 26.9 Å². The molecule has 0 bridgehead atoms. The summed E-state index contributed by atoms with van der Waals surface area (Å²) in [7, 11) is 1.68. The van der Waals surface area contributed by atoms with E-state index in [1.165, 1.54) is 0 Å². The van der Waals surface area contributed by atoms with E-state index in [4.69, 9.17) is 9.84 Å². The molecular weight excluding hydrogens is 368 g/mol. The fourth-order valence-electron chi connectivity index (χ4n) is 3.07. The minimum atomic E-state index is 0.507. The van der Waals surface area contributed by atoms with Crippen molar-refractivity contribution < 1.29 is 4.74 Å². The van der Waals surface area contributed by atoms with Crippen LogP contribution in [0.15, 0.2) is 54.6 Å². The van der Waals surface area contributed by atoms with Crippen LogP contribution in [0, 0.1) is 5.92 Å². The maximum absolute atomic E-state index is 5.30. The first-order valence-electron chi connectivity index (χ1n) is 9.26. The summed E-state index contributed by atoms with van der Waals surface area (Å²) in [5.41, 5.74) is 3.36. The molecule has 0 aliphatic heterocycles. The zero-order valence-corrected chi connectivity index (χ0v) is 17.0. The van der Waals surface area contributed by atoms with E-state index in [1.54, 1.807) is 18.4 Å². The van der Waals surface area contributed by atoms with Crippen LogP contribution in [0.5, 0.6) is 5.75 Å². The first-order valence-corrected chi connectivity index (χ1v) is 10.1. The highest BCUT2D eigenvalue weighted by Gasteiger charge is 2.13. The smallest absolute Gasteiger partial charge is 0.234 e. The average Bonchev–Trinajstić information content (AvgIpc) is 3.28. The van der Waals surface area contributed by atoms with Gasteiger partial charge in [0, 0.05) is 6.42 Å². The third-order valence-electron chi connectivity index (χ3n) is 4.42. The molecule has 0 fully saturated rings. The Morgan fingerprint density at radius 2 is 1.75 bits per heavy atom. The summed E-state index contributed by atoms with van der Waals surface area (Å²) in [5.74, 6) is 2.26. The molecular formula is C22H22N4OS. The summed E-state index contributed by atoms with van der Waals surface area (Å²) < 4.78 is 7.17. The van der Waals surface area contributed by atoms with Gasteiger partial charge in [-0.1, -0.05) is 67.6 Å². The number of fused-ring (bicyclic) bond motifs is 1. The highest BCUT2D eigenvalue weighted by molar-refractivity contribution is 7.17. The van der Waals surface area contributed by atoms with Gasteiger partial charge in [-0.25, -0.2) is 0 Å². The lowest BCUT2D eigenvalue weighted by Crippen LogP contribution is -2.01. The van der Waals surface area contributed by atoms with Gasteiger partial charge in [0.05, 0.1) is 7.11 Å². The van der Waals surface area contributed by atoms with Crippen LogP contribution in [0.25, 0.3) is 16.6 Å². The van der Waals surface area contributed by atoms with Gasteiger partial charge in [-0.2, -0.15) is 9.61 Å². The van der Waals surface area contributed by atoms with Crippen molar-refractivity contribution in [1.29, 1.82) is 0 Å². The van der Waals surface area contributed by atoms with Crippen LogP contribution in [0.1, 0.15) is 35.8 Å². The number of benzene rings is 2. The molecule has 0 aliphatic carbocycles. The van der Waals surface area contributed by atoms with Crippen LogP contribution in [-0.2, 0) is 6.42 Å². The minimum absolute atomic E-state index is 0.507. The van der Waals surface area contributed by atoms with Gasteiger partial charge < -0.3 is 4.74 Å². The molecule has 0 saturated carbocycles. The number of nitrogens with zero attached hydrogens (tertiary/aromatic N) is 4. The van der Waals surface area contributed by atoms with Gasteiger partial charge in [-0.3, -0.25) is 0 Å². The zero-order valence-electron chi connectivity index (χ0n) is 16.2. The molecule has 0 spiro atoms. The van der Waals surface area contributed by atoms with Crippen molar-refractivity contribution in [3.63, 3.8) is 0 Å². The van der Waals surface area contributed by atoms with Gasteiger partial charge in [-0.05, 0) is 40.8 Å². The average molecular weight is 391 g/mol. The second kappa shape index (κ2) is 7.94. The molecule has 4 aromatic rings. The first kappa shape index (κ1) is 18.4. The Balaban J connectivity index is 1.78. The van der Waals surface area contributed by atoms with E-state index in [2.05, 4.69) is 54.4 Å². The molecule has 28 heavy (non-hydrogen) atoms. The molecule has 2 aromatic heterocycles. The summed E-state index contributed by atoms with van der Waals surface area (Å²) in [6.07, 6.45) is 2.98. The van der Waals surface area contributed by atoms with E-state index in [-0.39, 0.29) is 0 Å². The Labute approximate surface area is 168 Å². The molecule has 0 atom stereocenters. The SMILES string of the molecule is COc1ccc(/C(=C/c2nn3c(CC(C)C)nnc3s2)c2ccccc2)cc1. The van der Waals surface area contributed by atoms with Crippen LogP contribution in [0.4, 0.5) is 0 Å². The maximum Gasteiger partial charge on any atom is 0.234 e. The molecule has 6 heteroatoms. The lowest BCUT2D eigenvalue weighted by atomic mass is 9.97. The number of methoxy groups -OCH3 is 1. The van der Waals surface area contributed by atoms with E-state index >= 15 is 0 Å². The molecule has 0 unspecified atom stereocenters. The van der Waals surface area contributed by atoms with Crippen molar-refractivity contribution in [3.8, 4) is 5.75 Å². The fraction of sp³-hybridized carbons (Fsp3) is 0.227. The van der Waals surface area contributed by atoms with Gasteiger partial charge >= 0.3 is 0 Å². The van der Waals surface area contributed by atoms with Crippen molar-refractivity contribution in [2.24, 2.45) is 5.92 Å². The summed E-state index contributed by atoms with van der Waals surface area (Å²) in [5, 5.41) is 14.2. The fourth-order valence-corrected chi connectivity index (χ4v) is 3.87. The van der Waals surface area contributed by atoms with Gasteiger partial charge in [-0.15, -0.1) is 10.2 Å². The van der Waals surface area contributed by atoms with Gasteiger partial charge in [0.25, 0.3) is 0 Å². The number of aromatic nitrogens is 4. The predicted octanol–water partition coefficient (Wildman–Crippen LogP) is 4.98. The van der Waals surface area contributed by atoms with Crippen LogP contribution >= 0.6 is 11.3 Å². The van der Waals surface area contributed by atoms with Crippen LogP contribution in [0.2, 0.25) is 0 Å². The predicted molar refractivity (Wildman–Crippen MR) is 114 cm³/mol. The lowest BCUT2D eigenvalue weighted by molar-refractivity contribution is 0.415. The highest BCUT2D eigenvalue weighted by Crippen LogP contribution is 2.29. The monoisotopic (exact) mass is 390 g/mol. The summed E-state index contributed by atoms with van der Waals surface area (Å²) >= 11 is 1.55. The number of hydrogen-bond donors (Lipinski definition) is 0.